The highest BCUT2D eigenvalue weighted by Crippen LogP contribution is 2.36. The summed E-state index contributed by atoms with van der Waals surface area (Å²) in [5.41, 5.74) is 1.88. The summed E-state index contributed by atoms with van der Waals surface area (Å²) >= 11 is 0. The van der Waals surface area contributed by atoms with E-state index in [0.717, 1.165) is 38.1 Å². The maximum absolute atomic E-state index is 13.7. The highest BCUT2D eigenvalue weighted by atomic mass is 19.1. The summed E-state index contributed by atoms with van der Waals surface area (Å²) in [5.74, 6) is 0.979. The molecule has 2 aliphatic rings. The van der Waals surface area contributed by atoms with E-state index in [0.29, 0.717) is 28.4 Å². The van der Waals surface area contributed by atoms with Gasteiger partial charge < -0.3 is 24.7 Å². The molecule has 0 aliphatic carbocycles. The van der Waals surface area contributed by atoms with E-state index in [1.54, 1.807) is 18.5 Å². The molecule has 2 fully saturated rings. The molecule has 1 atom stereocenters. The van der Waals surface area contributed by atoms with Gasteiger partial charge in [-0.1, -0.05) is 13.8 Å². The number of anilines is 2. The van der Waals surface area contributed by atoms with Crippen LogP contribution in [0.25, 0.3) is 11.0 Å². The minimum absolute atomic E-state index is 0.0213. The van der Waals surface area contributed by atoms with Crippen molar-refractivity contribution in [3.05, 3.63) is 47.7 Å². The molecule has 9 heteroatoms. The van der Waals surface area contributed by atoms with Gasteiger partial charge >= 0.3 is 6.03 Å². The Hall–Kier alpha value is -3.20. The number of amides is 2. The zero-order chi connectivity index (χ0) is 23.2. The Kier molecular flexibility index (Phi) is 5.44. The third-order valence-electron chi connectivity index (χ3n) is 6.49. The number of aryl methyl sites for hydroxylation is 1. The number of furan rings is 1. The minimum atomic E-state index is -0.390. The van der Waals surface area contributed by atoms with E-state index >= 15 is 0 Å². The predicted octanol–water partition coefficient (Wildman–Crippen LogP) is 4.56. The number of rotatable bonds is 5. The molecule has 33 heavy (non-hydrogen) atoms. The molecule has 2 saturated heterocycles. The summed E-state index contributed by atoms with van der Waals surface area (Å²) < 4.78 is 25.5. The molecular formula is C24H28FN5O3. The van der Waals surface area contributed by atoms with Crippen molar-refractivity contribution in [3.8, 4) is 0 Å². The van der Waals surface area contributed by atoms with Gasteiger partial charge in [0, 0.05) is 17.6 Å². The summed E-state index contributed by atoms with van der Waals surface area (Å²) in [6.07, 6.45) is 5.39. The van der Waals surface area contributed by atoms with Gasteiger partial charge in [0.05, 0.1) is 37.2 Å². The third kappa shape index (κ3) is 4.13. The number of carbonyl (C=O) groups excluding carboxylic acids is 1. The van der Waals surface area contributed by atoms with Crippen LogP contribution in [-0.2, 0) is 4.74 Å². The van der Waals surface area contributed by atoms with Crippen LogP contribution in [0.5, 0.6) is 0 Å². The van der Waals surface area contributed by atoms with Crippen molar-refractivity contribution in [2.24, 2.45) is 5.92 Å². The lowest BCUT2D eigenvalue weighted by Crippen LogP contribution is -2.62. The van der Waals surface area contributed by atoms with Crippen LogP contribution in [0.4, 0.5) is 20.8 Å². The van der Waals surface area contributed by atoms with Gasteiger partial charge in [0.2, 0.25) is 5.95 Å². The van der Waals surface area contributed by atoms with Gasteiger partial charge in [-0.15, -0.1) is 0 Å². The number of benzene rings is 1. The second-order valence-corrected chi connectivity index (χ2v) is 9.31. The fraction of sp³-hybridized carbons (Fsp3) is 0.458. The number of hydrogen-bond donors (Lipinski definition) is 2. The Morgan fingerprint density at radius 3 is 2.67 bits per heavy atom. The van der Waals surface area contributed by atoms with E-state index in [2.05, 4.69) is 25.5 Å². The Balaban J connectivity index is 1.24. The van der Waals surface area contributed by atoms with Crippen molar-refractivity contribution in [2.75, 3.05) is 29.9 Å². The molecular weight excluding hydrogens is 425 g/mol. The van der Waals surface area contributed by atoms with Crippen LogP contribution in [0.1, 0.15) is 44.1 Å². The lowest BCUT2D eigenvalue weighted by atomic mass is 9.91. The molecule has 1 aromatic carbocycles. The van der Waals surface area contributed by atoms with Crippen LogP contribution in [0.3, 0.4) is 0 Å². The molecule has 2 aromatic heterocycles. The number of hydrogen-bond acceptors (Lipinski definition) is 6. The molecule has 0 radical (unpaired) electrons. The topological polar surface area (TPSA) is 92.5 Å². The average molecular weight is 454 g/mol. The molecule has 174 valence electrons. The van der Waals surface area contributed by atoms with E-state index in [9.17, 15) is 9.18 Å². The molecule has 5 rings (SSSR count). The third-order valence-corrected chi connectivity index (χ3v) is 6.49. The van der Waals surface area contributed by atoms with E-state index in [4.69, 9.17) is 9.15 Å². The Labute approximate surface area is 191 Å². The summed E-state index contributed by atoms with van der Waals surface area (Å²) in [7, 11) is 0. The normalized spacial score (nSPS) is 18.0. The number of aromatic nitrogens is 2. The van der Waals surface area contributed by atoms with Crippen LogP contribution in [-0.4, -0.2) is 41.3 Å². The number of nitrogens with zero attached hydrogens (tertiary/aromatic N) is 3. The SMILES string of the molecule is Cc1c([C@@H](NC(=O)Nc2cnc(N3CC4(CCCO4)C3)nc2)C(C)C)oc2ccc(F)cc12. The number of nitrogens with one attached hydrogen (secondary N) is 2. The molecule has 3 aromatic rings. The fourth-order valence-corrected chi connectivity index (χ4v) is 4.70. The molecule has 2 amide bonds. The minimum Gasteiger partial charge on any atom is -0.459 e. The summed E-state index contributed by atoms with van der Waals surface area (Å²) in [4.78, 5) is 23.6. The van der Waals surface area contributed by atoms with Crippen molar-refractivity contribution in [1.29, 1.82) is 0 Å². The van der Waals surface area contributed by atoms with Gasteiger partial charge in [0.15, 0.2) is 0 Å². The monoisotopic (exact) mass is 453 g/mol. The van der Waals surface area contributed by atoms with Crippen LogP contribution in [0, 0.1) is 18.7 Å². The largest absolute Gasteiger partial charge is 0.459 e. The maximum Gasteiger partial charge on any atom is 0.319 e. The number of carbonyl (C=O) groups is 1. The van der Waals surface area contributed by atoms with Crippen molar-refractivity contribution in [1.82, 2.24) is 15.3 Å². The maximum atomic E-state index is 13.7. The van der Waals surface area contributed by atoms with Crippen LogP contribution in [0.15, 0.2) is 35.0 Å². The number of fused-ring (bicyclic) bond motifs is 1. The predicted molar refractivity (Wildman–Crippen MR) is 123 cm³/mol. The number of halogens is 1. The summed E-state index contributed by atoms with van der Waals surface area (Å²) in [6, 6.07) is 3.65. The zero-order valence-corrected chi connectivity index (χ0v) is 19.0. The summed E-state index contributed by atoms with van der Waals surface area (Å²) in [6.45, 7) is 8.29. The van der Waals surface area contributed by atoms with Crippen LogP contribution >= 0.6 is 0 Å². The van der Waals surface area contributed by atoms with E-state index in [1.165, 1.54) is 12.1 Å². The lowest BCUT2D eigenvalue weighted by molar-refractivity contribution is -0.0188. The fourth-order valence-electron chi connectivity index (χ4n) is 4.70. The van der Waals surface area contributed by atoms with E-state index in [1.807, 2.05) is 20.8 Å². The van der Waals surface area contributed by atoms with Crippen LogP contribution < -0.4 is 15.5 Å². The molecule has 1 spiro atoms. The highest BCUT2D eigenvalue weighted by molar-refractivity contribution is 5.89. The molecule has 4 heterocycles. The van der Waals surface area contributed by atoms with Crippen molar-refractivity contribution < 1.29 is 18.3 Å². The first-order chi connectivity index (χ1) is 15.8. The molecule has 0 bridgehead atoms. The zero-order valence-electron chi connectivity index (χ0n) is 19.0. The van der Waals surface area contributed by atoms with Gasteiger partial charge in [0.1, 0.15) is 22.8 Å². The average Bonchev–Trinajstić information content (AvgIpc) is 3.37. The Morgan fingerprint density at radius 1 is 1.24 bits per heavy atom. The smallest absolute Gasteiger partial charge is 0.319 e. The molecule has 2 aliphatic heterocycles. The van der Waals surface area contributed by atoms with Gasteiger partial charge in [-0.3, -0.25) is 0 Å². The highest BCUT2D eigenvalue weighted by Gasteiger charge is 2.47. The van der Waals surface area contributed by atoms with Gasteiger partial charge in [-0.05, 0) is 43.9 Å². The molecule has 0 unspecified atom stereocenters. The Bertz CT molecular complexity index is 1160. The van der Waals surface area contributed by atoms with E-state index < -0.39 is 6.03 Å². The first-order valence-electron chi connectivity index (χ1n) is 11.3. The lowest BCUT2D eigenvalue weighted by Gasteiger charge is -2.46. The van der Waals surface area contributed by atoms with Crippen LogP contribution in [0.2, 0.25) is 0 Å². The number of urea groups is 1. The van der Waals surface area contributed by atoms with Gasteiger partial charge in [0.25, 0.3) is 0 Å². The quantitative estimate of drug-likeness (QED) is 0.589. The van der Waals surface area contributed by atoms with Crippen molar-refractivity contribution in [3.63, 3.8) is 0 Å². The standard InChI is InChI=1S/C24H28FN5O3/c1-14(2)20(21-15(3)18-9-16(25)5-6-19(18)33-21)29-23(31)28-17-10-26-22(27-11-17)30-12-24(13-30)7-4-8-32-24/h5-6,9-11,14,20H,4,7-8,12-13H2,1-3H3,(H2,28,29,31)/t20-/m0/s1. The Morgan fingerprint density at radius 2 is 2.00 bits per heavy atom. The van der Waals surface area contributed by atoms with Gasteiger partial charge in [-0.25, -0.2) is 19.2 Å². The van der Waals surface area contributed by atoms with Crippen molar-refractivity contribution in [2.45, 2.75) is 45.3 Å². The van der Waals surface area contributed by atoms with Gasteiger partial charge in [-0.2, -0.15) is 0 Å². The second kappa shape index (κ2) is 8.30. The summed E-state index contributed by atoms with van der Waals surface area (Å²) in [5, 5.41) is 6.47. The number of ether oxygens (including phenoxy) is 1. The van der Waals surface area contributed by atoms with E-state index in [-0.39, 0.29) is 23.4 Å². The molecule has 2 N–H and O–H groups in total. The van der Waals surface area contributed by atoms with Crippen molar-refractivity contribution >= 4 is 28.6 Å². The first-order valence-corrected chi connectivity index (χ1v) is 11.3. The second-order valence-electron chi connectivity index (χ2n) is 9.31. The molecule has 8 nitrogen and oxygen atoms in total. The molecule has 0 saturated carbocycles. The first kappa shape index (κ1) is 21.6.